The van der Waals surface area contributed by atoms with Crippen LogP contribution in [0.1, 0.15) is 38.3 Å². The van der Waals surface area contributed by atoms with E-state index in [0.29, 0.717) is 12.5 Å². The maximum Gasteiger partial charge on any atom is 0.226 e. The molecule has 3 nitrogen and oxygen atoms in total. The monoisotopic (exact) mass is 314 g/mol. The third-order valence-corrected chi connectivity index (χ3v) is 5.24. The third-order valence-electron chi connectivity index (χ3n) is 4.30. The van der Waals surface area contributed by atoms with Crippen LogP contribution in [0.25, 0.3) is 10.6 Å². The van der Waals surface area contributed by atoms with Gasteiger partial charge >= 0.3 is 0 Å². The minimum atomic E-state index is 0.101. The predicted octanol–water partition coefficient (Wildman–Crippen LogP) is 4.05. The van der Waals surface area contributed by atoms with Crippen molar-refractivity contribution in [3.8, 4) is 10.6 Å². The summed E-state index contributed by atoms with van der Waals surface area (Å²) < 4.78 is 0. The molecule has 1 aromatic carbocycles. The Kier molecular flexibility index (Phi) is 4.88. The molecule has 116 valence electrons. The summed E-state index contributed by atoms with van der Waals surface area (Å²) in [6.45, 7) is 2.29. The number of hydrogen-bond acceptors (Lipinski definition) is 3. The summed E-state index contributed by atoms with van der Waals surface area (Å²) in [6, 6.07) is 10.5. The first-order valence-electron chi connectivity index (χ1n) is 8.00. The quantitative estimate of drug-likeness (QED) is 0.925. The highest BCUT2D eigenvalue weighted by molar-refractivity contribution is 7.13. The van der Waals surface area contributed by atoms with Crippen LogP contribution in [0, 0.1) is 5.92 Å². The van der Waals surface area contributed by atoms with E-state index in [0.717, 1.165) is 35.0 Å². The lowest BCUT2D eigenvalue weighted by Gasteiger charge is -2.26. The predicted molar refractivity (Wildman–Crippen MR) is 90.8 cm³/mol. The minimum absolute atomic E-state index is 0.101. The Labute approximate surface area is 135 Å². The SMILES string of the molecule is CC1CCC(NC(=O)Cc2csc(-c3ccccc3)n2)CC1. The first kappa shape index (κ1) is 15.2. The van der Waals surface area contributed by atoms with Crippen LogP contribution >= 0.6 is 11.3 Å². The van der Waals surface area contributed by atoms with E-state index in [1.165, 1.54) is 12.8 Å². The summed E-state index contributed by atoms with van der Waals surface area (Å²) in [4.78, 5) is 16.7. The summed E-state index contributed by atoms with van der Waals surface area (Å²) in [5.41, 5.74) is 1.98. The summed E-state index contributed by atoms with van der Waals surface area (Å²) in [6.07, 6.45) is 5.05. The van der Waals surface area contributed by atoms with Gasteiger partial charge in [-0.05, 0) is 31.6 Å². The van der Waals surface area contributed by atoms with E-state index in [2.05, 4.69) is 17.2 Å². The van der Waals surface area contributed by atoms with E-state index in [4.69, 9.17) is 0 Å². The molecule has 2 aromatic rings. The second-order valence-electron chi connectivity index (χ2n) is 6.21. The Balaban J connectivity index is 1.55. The highest BCUT2D eigenvalue weighted by Crippen LogP contribution is 2.25. The number of amides is 1. The number of aromatic nitrogens is 1. The van der Waals surface area contributed by atoms with Gasteiger partial charge in [-0.2, -0.15) is 0 Å². The Morgan fingerprint density at radius 2 is 1.95 bits per heavy atom. The van der Waals surface area contributed by atoms with E-state index in [9.17, 15) is 4.79 Å². The van der Waals surface area contributed by atoms with E-state index >= 15 is 0 Å². The lowest BCUT2D eigenvalue weighted by molar-refractivity contribution is -0.121. The van der Waals surface area contributed by atoms with E-state index in [1.54, 1.807) is 11.3 Å². The molecule has 1 fully saturated rings. The average Bonchev–Trinajstić information content (AvgIpc) is 2.99. The number of benzene rings is 1. The Morgan fingerprint density at radius 3 is 2.68 bits per heavy atom. The van der Waals surface area contributed by atoms with Crippen LogP contribution in [-0.4, -0.2) is 16.9 Å². The highest BCUT2D eigenvalue weighted by Gasteiger charge is 2.20. The van der Waals surface area contributed by atoms with Crippen molar-refractivity contribution in [3.05, 3.63) is 41.4 Å². The second kappa shape index (κ2) is 7.05. The van der Waals surface area contributed by atoms with Gasteiger partial charge in [0, 0.05) is 17.0 Å². The van der Waals surface area contributed by atoms with Crippen LogP contribution in [0.5, 0.6) is 0 Å². The number of carbonyl (C=O) groups is 1. The van der Waals surface area contributed by atoms with E-state index in [1.807, 2.05) is 35.7 Å². The van der Waals surface area contributed by atoms with Gasteiger partial charge in [-0.15, -0.1) is 11.3 Å². The van der Waals surface area contributed by atoms with Gasteiger partial charge in [0.2, 0.25) is 5.91 Å². The zero-order valence-corrected chi connectivity index (χ0v) is 13.7. The molecule has 3 rings (SSSR count). The fourth-order valence-corrected chi connectivity index (χ4v) is 3.77. The van der Waals surface area contributed by atoms with Crippen molar-refractivity contribution in [1.29, 1.82) is 0 Å². The largest absolute Gasteiger partial charge is 0.353 e. The van der Waals surface area contributed by atoms with Crippen molar-refractivity contribution in [2.75, 3.05) is 0 Å². The number of carbonyl (C=O) groups excluding carboxylic acids is 1. The summed E-state index contributed by atoms with van der Waals surface area (Å²) >= 11 is 1.60. The fraction of sp³-hybridized carbons (Fsp3) is 0.444. The lowest BCUT2D eigenvalue weighted by Crippen LogP contribution is -2.38. The van der Waals surface area contributed by atoms with Gasteiger partial charge in [0.15, 0.2) is 0 Å². The standard InChI is InChI=1S/C18H22N2OS/c1-13-7-9-15(10-8-13)19-17(21)11-16-12-22-18(20-16)14-5-3-2-4-6-14/h2-6,12-13,15H,7-11H2,1H3,(H,19,21). The molecule has 4 heteroatoms. The van der Waals surface area contributed by atoms with Crippen molar-refractivity contribution >= 4 is 17.2 Å². The van der Waals surface area contributed by atoms with Gasteiger partial charge in [-0.3, -0.25) is 4.79 Å². The molecule has 0 atom stereocenters. The molecule has 1 aliphatic carbocycles. The highest BCUT2D eigenvalue weighted by atomic mass is 32.1. The zero-order chi connectivity index (χ0) is 15.4. The van der Waals surface area contributed by atoms with Gasteiger partial charge in [-0.25, -0.2) is 4.98 Å². The van der Waals surface area contributed by atoms with Crippen molar-refractivity contribution in [3.63, 3.8) is 0 Å². The van der Waals surface area contributed by atoms with Gasteiger partial charge in [0.05, 0.1) is 12.1 Å². The third kappa shape index (κ3) is 3.95. The molecule has 1 aliphatic rings. The molecule has 0 unspecified atom stereocenters. The van der Waals surface area contributed by atoms with Crippen molar-refractivity contribution in [1.82, 2.24) is 10.3 Å². The number of thiazole rings is 1. The van der Waals surface area contributed by atoms with Gasteiger partial charge < -0.3 is 5.32 Å². The van der Waals surface area contributed by atoms with Crippen LogP contribution in [0.3, 0.4) is 0 Å². The average molecular weight is 314 g/mol. The maximum absolute atomic E-state index is 12.2. The number of nitrogens with one attached hydrogen (secondary N) is 1. The molecule has 1 amide bonds. The molecule has 1 N–H and O–H groups in total. The van der Waals surface area contributed by atoms with Gasteiger partial charge in [0.1, 0.15) is 5.01 Å². The number of hydrogen-bond donors (Lipinski definition) is 1. The van der Waals surface area contributed by atoms with Crippen LogP contribution in [0.15, 0.2) is 35.7 Å². The van der Waals surface area contributed by atoms with Crippen LogP contribution < -0.4 is 5.32 Å². The Hall–Kier alpha value is -1.68. The molecule has 1 aromatic heterocycles. The summed E-state index contributed by atoms with van der Waals surface area (Å²) in [5, 5.41) is 6.13. The molecule has 0 spiro atoms. The molecule has 0 radical (unpaired) electrons. The Morgan fingerprint density at radius 1 is 1.23 bits per heavy atom. The van der Waals surface area contributed by atoms with Crippen LogP contribution in [-0.2, 0) is 11.2 Å². The number of rotatable bonds is 4. The molecule has 0 saturated heterocycles. The zero-order valence-electron chi connectivity index (χ0n) is 12.9. The van der Waals surface area contributed by atoms with Gasteiger partial charge in [0.25, 0.3) is 0 Å². The van der Waals surface area contributed by atoms with E-state index in [-0.39, 0.29) is 5.91 Å². The van der Waals surface area contributed by atoms with Crippen molar-refractivity contribution < 1.29 is 4.79 Å². The minimum Gasteiger partial charge on any atom is -0.353 e. The van der Waals surface area contributed by atoms with Crippen LogP contribution in [0.4, 0.5) is 0 Å². The van der Waals surface area contributed by atoms with Gasteiger partial charge in [-0.1, -0.05) is 37.3 Å². The molecule has 22 heavy (non-hydrogen) atoms. The molecule has 1 heterocycles. The lowest BCUT2D eigenvalue weighted by atomic mass is 9.87. The first-order chi connectivity index (χ1) is 10.7. The molecular formula is C18H22N2OS. The maximum atomic E-state index is 12.2. The Bertz CT molecular complexity index is 615. The summed E-state index contributed by atoms with van der Waals surface area (Å²) in [5.74, 6) is 0.907. The van der Waals surface area contributed by atoms with Crippen LogP contribution in [0.2, 0.25) is 0 Å². The molecular weight excluding hydrogens is 292 g/mol. The second-order valence-corrected chi connectivity index (χ2v) is 7.07. The van der Waals surface area contributed by atoms with Crippen molar-refractivity contribution in [2.45, 2.75) is 45.1 Å². The topological polar surface area (TPSA) is 42.0 Å². The fourth-order valence-electron chi connectivity index (χ4n) is 2.95. The smallest absolute Gasteiger partial charge is 0.226 e. The number of nitrogens with zero attached hydrogens (tertiary/aromatic N) is 1. The van der Waals surface area contributed by atoms with Crippen molar-refractivity contribution in [2.24, 2.45) is 5.92 Å². The summed E-state index contributed by atoms with van der Waals surface area (Å²) in [7, 11) is 0. The molecule has 0 aliphatic heterocycles. The molecule has 1 saturated carbocycles. The molecule has 0 bridgehead atoms. The van der Waals surface area contributed by atoms with E-state index < -0.39 is 0 Å². The normalized spacial score (nSPS) is 21.5. The first-order valence-corrected chi connectivity index (χ1v) is 8.88.